The van der Waals surface area contributed by atoms with Crippen molar-refractivity contribution < 1.29 is 13.9 Å². The van der Waals surface area contributed by atoms with Crippen molar-refractivity contribution in [3.8, 4) is 0 Å². The number of amides is 1. The number of anilines is 1. The third-order valence-corrected chi connectivity index (χ3v) is 2.49. The lowest BCUT2D eigenvalue weighted by Crippen LogP contribution is -2.60. The van der Waals surface area contributed by atoms with Gasteiger partial charge in [-0.25, -0.2) is 19.2 Å². The van der Waals surface area contributed by atoms with E-state index in [0.717, 1.165) is 12.4 Å². The van der Waals surface area contributed by atoms with E-state index in [1.165, 1.54) is 0 Å². The molecule has 0 aromatic carbocycles. The number of carbonyl (C=O) groups excluding carboxylic acids is 1. The molecule has 0 saturated carbocycles. The third-order valence-electron chi connectivity index (χ3n) is 2.49. The van der Waals surface area contributed by atoms with Crippen LogP contribution < -0.4 is 10.2 Å². The first kappa shape index (κ1) is 13.5. The Bertz CT molecular complexity index is 452. The molecule has 1 aliphatic rings. The zero-order valence-electron chi connectivity index (χ0n) is 11.2. The second kappa shape index (κ2) is 4.99. The van der Waals surface area contributed by atoms with Crippen LogP contribution in [0.3, 0.4) is 0 Å². The van der Waals surface area contributed by atoms with Crippen molar-refractivity contribution in [2.24, 2.45) is 0 Å². The Hall–Kier alpha value is -1.92. The number of ether oxygens (including phenoxy) is 1. The first-order chi connectivity index (χ1) is 8.83. The molecule has 1 saturated heterocycles. The van der Waals surface area contributed by atoms with Crippen molar-refractivity contribution in [3.63, 3.8) is 0 Å². The maximum atomic E-state index is 12.7. The highest BCUT2D eigenvalue weighted by Gasteiger charge is 2.31. The van der Waals surface area contributed by atoms with Gasteiger partial charge in [0.15, 0.2) is 5.82 Å². The van der Waals surface area contributed by atoms with Gasteiger partial charge in [-0.2, -0.15) is 0 Å². The molecule has 7 heteroatoms. The third kappa shape index (κ3) is 3.77. The minimum atomic E-state index is -0.506. The standard InChI is InChI=1S/C12H17FN4O2/c1-12(2,3)19-11(18)16-9-6-17(7-9)10-14-4-8(13)5-15-10/h4-5,9H,6-7H2,1-3H3,(H,16,18). The van der Waals surface area contributed by atoms with Crippen LogP contribution in [0.4, 0.5) is 15.1 Å². The van der Waals surface area contributed by atoms with E-state index < -0.39 is 17.5 Å². The van der Waals surface area contributed by atoms with E-state index in [0.29, 0.717) is 19.0 Å². The van der Waals surface area contributed by atoms with Gasteiger partial charge in [-0.1, -0.05) is 0 Å². The highest BCUT2D eigenvalue weighted by molar-refractivity contribution is 5.68. The Morgan fingerprint density at radius 1 is 1.42 bits per heavy atom. The second-order valence-corrected chi connectivity index (χ2v) is 5.45. The molecule has 0 unspecified atom stereocenters. The molecule has 19 heavy (non-hydrogen) atoms. The molecule has 104 valence electrons. The van der Waals surface area contributed by atoms with Gasteiger partial charge in [0.2, 0.25) is 5.95 Å². The number of nitrogens with zero attached hydrogens (tertiary/aromatic N) is 3. The normalized spacial score (nSPS) is 15.9. The van der Waals surface area contributed by atoms with Gasteiger partial charge < -0.3 is 15.0 Å². The van der Waals surface area contributed by atoms with Crippen LogP contribution in [0.1, 0.15) is 20.8 Å². The fourth-order valence-electron chi connectivity index (χ4n) is 1.68. The molecule has 0 bridgehead atoms. The molecule has 1 fully saturated rings. The van der Waals surface area contributed by atoms with Crippen molar-refractivity contribution in [2.45, 2.75) is 32.4 Å². The van der Waals surface area contributed by atoms with Gasteiger partial charge in [0, 0.05) is 13.1 Å². The summed E-state index contributed by atoms with van der Waals surface area (Å²) in [7, 11) is 0. The van der Waals surface area contributed by atoms with Crippen LogP contribution in [0.15, 0.2) is 12.4 Å². The summed E-state index contributed by atoms with van der Waals surface area (Å²) in [5, 5.41) is 2.75. The van der Waals surface area contributed by atoms with Crippen molar-refractivity contribution in [1.82, 2.24) is 15.3 Å². The number of aromatic nitrogens is 2. The molecule has 0 atom stereocenters. The largest absolute Gasteiger partial charge is 0.444 e. The van der Waals surface area contributed by atoms with E-state index in [1.807, 2.05) is 25.7 Å². The second-order valence-electron chi connectivity index (χ2n) is 5.45. The van der Waals surface area contributed by atoms with Crippen LogP contribution in [0.2, 0.25) is 0 Å². The maximum Gasteiger partial charge on any atom is 0.407 e. The van der Waals surface area contributed by atoms with Crippen LogP contribution in [0.25, 0.3) is 0 Å². The topological polar surface area (TPSA) is 67.3 Å². The fraction of sp³-hybridized carbons (Fsp3) is 0.583. The summed E-state index contributed by atoms with van der Waals surface area (Å²) in [5.41, 5.74) is -0.506. The summed E-state index contributed by atoms with van der Waals surface area (Å²) in [6, 6.07) is 0.00324. The minimum absolute atomic E-state index is 0.00324. The molecule has 0 radical (unpaired) electrons. The van der Waals surface area contributed by atoms with Gasteiger partial charge in [0.1, 0.15) is 5.60 Å². The van der Waals surface area contributed by atoms with E-state index in [9.17, 15) is 9.18 Å². The lowest BCUT2D eigenvalue weighted by atomic mass is 10.1. The number of carbonyl (C=O) groups is 1. The Balaban J connectivity index is 1.77. The predicted octanol–water partition coefficient (Wildman–Crippen LogP) is 1.33. The van der Waals surface area contributed by atoms with Gasteiger partial charge in [-0.3, -0.25) is 0 Å². The molecule has 2 rings (SSSR count). The molecule has 1 N–H and O–H groups in total. The van der Waals surface area contributed by atoms with E-state index in [1.54, 1.807) is 0 Å². The average molecular weight is 268 g/mol. The zero-order chi connectivity index (χ0) is 14.0. The van der Waals surface area contributed by atoms with Crippen molar-refractivity contribution in [1.29, 1.82) is 0 Å². The monoisotopic (exact) mass is 268 g/mol. The molecule has 1 aromatic rings. The highest BCUT2D eigenvalue weighted by atomic mass is 19.1. The number of halogens is 1. The van der Waals surface area contributed by atoms with E-state index in [-0.39, 0.29) is 6.04 Å². The quantitative estimate of drug-likeness (QED) is 0.876. The molecule has 1 amide bonds. The van der Waals surface area contributed by atoms with Crippen LogP contribution in [0.5, 0.6) is 0 Å². The summed E-state index contributed by atoms with van der Waals surface area (Å²) in [6.45, 7) is 6.61. The van der Waals surface area contributed by atoms with Crippen LogP contribution in [-0.4, -0.2) is 40.8 Å². The molecule has 0 spiro atoms. The molecular formula is C12H17FN4O2. The van der Waals surface area contributed by atoms with E-state index in [4.69, 9.17) is 4.74 Å². The van der Waals surface area contributed by atoms with Crippen molar-refractivity contribution >= 4 is 12.0 Å². The molecule has 6 nitrogen and oxygen atoms in total. The van der Waals surface area contributed by atoms with Gasteiger partial charge in [0.05, 0.1) is 18.4 Å². The Morgan fingerprint density at radius 2 is 2.00 bits per heavy atom. The molecule has 1 aliphatic heterocycles. The van der Waals surface area contributed by atoms with E-state index in [2.05, 4.69) is 15.3 Å². The predicted molar refractivity (Wildman–Crippen MR) is 67.4 cm³/mol. The number of alkyl carbamates (subject to hydrolysis) is 1. The molecule has 2 heterocycles. The molecule has 0 aliphatic carbocycles. The summed E-state index contributed by atoms with van der Waals surface area (Å²) in [6.07, 6.45) is 1.81. The van der Waals surface area contributed by atoms with Gasteiger partial charge >= 0.3 is 6.09 Å². The van der Waals surface area contributed by atoms with Crippen LogP contribution >= 0.6 is 0 Å². The Morgan fingerprint density at radius 3 is 2.53 bits per heavy atom. The summed E-state index contributed by atoms with van der Waals surface area (Å²) in [5.74, 6) is -0.00339. The number of hydrogen-bond donors (Lipinski definition) is 1. The molecular weight excluding hydrogens is 251 g/mol. The number of nitrogens with one attached hydrogen (secondary N) is 1. The SMILES string of the molecule is CC(C)(C)OC(=O)NC1CN(c2ncc(F)cn2)C1. The van der Waals surface area contributed by atoms with Gasteiger partial charge in [-0.15, -0.1) is 0 Å². The summed E-state index contributed by atoms with van der Waals surface area (Å²) in [4.78, 5) is 21.1. The zero-order valence-corrected chi connectivity index (χ0v) is 11.2. The average Bonchev–Trinajstić information content (AvgIpc) is 2.22. The first-order valence-corrected chi connectivity index (χ1v) is 6.05. The van der Waals surface area contributed by atoms with Gasteiger partial charge in [0.25, 0.3) is 0 Å². The number of hydrogen-bond acceptors (Lipinski definition) is 5. The highest BCUT2D eigenvalue weighted by Crippen LogP contribution is 2.16. The van der Waals surface area contributed by atoms with Crippen molar-refractivity contribution in [3.05, 3.63) is 18.2 Å². The maximum absolute atomic E-state index is 12.7. The fourth-order valence-corrected chi connectivity index (χ4v) is 1.68. The minimum Gasteiger partial charge on any atom is -0.444 e. The molecule has 1 aromatic heterocycles. The number of rotatable bonds is 2. The summed E-state index contributed by atoms with van der Waals surface area (Å²) >= 11 is 0. The van der Waals surface area contributed by atoms with E-state index >= 15 is 0 Å². The Kier molecular flexibility index (Phi) is 3.55. The van der Waals surface area contributed by atoms with Crippen LogP contribution in [-0.2, 0) is 4.74 Å². The van der Waals surface area contributed by atoms with Crippen molar-refractivity contribution in [2.75, 3.05) is 18.0 Å². The lowest BCUT2D eigenvalue weighted by Gasteiger charge is -2.39. The Labute approximate surface area is 111 Å². The summed E-state index contributed by atoms with van der Waals surface area (Å²) < 4.78 is 17.8. The smallest absolute Gasteiger partial charge is 0.407 e. The van der Waals surface area contributed by atoms with Crippen LogP contribution in [0, 0.1) is 5.82 Å². The van der Waals surface area contributed by atoms with Gasteiger partial charge in [-0.05, 0) is 20.8 Å². The lowest BCUT2D eigenvalue weighted by molar-refractivity contribution is 0.0495. The first-order valence-electron chi connectivity index (χ1n) is 6.05.